The second-order valence-corrected chi connectivity index (χ2v) is 5.49. The van der Waals surface area contributed by atoms with Crippen molar-refractivity contribution in [1.29, 1.82) is 0 Å². The van der Waals surface area contributed by atoms with Gasteiger partial charge in [0.15, 0.2) is 0 Å². The molecular weight excluding hydrogens is 299 g/mol. The molecule has 0 spiro atoms. The second kappa shape index (κ2) is 5.80. The van der Waals surface area contributed by atoms with Gasteiger partial charge in [-0.05, 0) is 53.4 Å². The van der Waals surface area contributed by atoms with Gasteiger partial charge in [-0.3, -0.25) is 4.79 Å². The lowest BCUT2D eigenvalue weighted by atomic mass is 9.92. The lowest BCUT2D eigenvalue weighted by Crippen LogP contribution is -2.48. The number of hydrogen-bond donors (Lipinski definition) is 2. The quantitative estimate of drug-likeness (QED) is 0.881. The fourth-order valence-electron chi connectivity index (χ4n) is 2.22. The van der Waals surface area contributed by atoms with Crippen LogP contribution in [0.15, 0.2) is 22.7 Å². The van der Waals surface area contributed by atoms with Crippen molar-refractivity contribution in [2.75, 3.05) is 11.9 Å². The van der Waals surface area contributed by atoms with E-state index in [1.165, 1.54) is 6.07 Å². The van der Waals surface area contributed by atoms with Crippen LogP contribution in [0.3, 0.4) is 0 Å². The molecule has 0 bridgehead atoms. The Morgan fingerprint density at radius 2 is 2.33 bits per heavy atom. The summed E-state index contributed by atoms with van der Waals surface area (Å²) in [5, 5.41) is 5.83. The molecule has 98 valence electrons. The number of piperidine rings is 1. The molecule has 1 aliphatic heterocycles. The predicted octanol–water partition coefficient (Wildman–Crippen LogP) is 2.91. The molecule has 1 fully saturated rings. The summed E-state index contributed by atoms with van der Waals surface area (Å²) in [7, 11) is 0. The summed E-state index contributed by atoms with van der Waals surface area (Å²) in [6.07, 6.45) is 2.10. The van der Waals surface area contributed by atoms with Crippen LogP contribution in [0, 0.1) is 11.7 Å². The first-order valence-corrected chi connectivity index (χ1v) is 6.87. The number of carbonyl (C=O) groups is 1. The number of amides is 1. The van der Waals surface area contributed by atoms with Gasteiger partial charge in [0.1, 0.15) is 5.82 Å². The summed E-state index contributed by atoms with van der Waals surface area (Å²) in [4.78, 5) is 12.1. The van der Waals surface area contributed by atoms with Gasteiger partial charge < -0.3 is 10.6 Å². The van der Waals surface area contributed by atoms with Crippen LogP contribution >= 0.6 is 15.9 Å². The first-order chi connectivity index (χ1) is 8.59. The molecule has 0 aliphatic carbocycles. The topological polar surface area (TPSA) is 41.1 Å². The molecule has 2 rings (SSSR count). The fraction of sp³-hybridized carbons (Fsp3) is 0.462. The molecule has 1 aliphatic rings. The van der Waals surface area contributed by atoms with Crippen LogP contribution < -0.4 is 10.6 Å². The van der Waals surface area contributed by atoms with Crippen LogP contribution in [0.1, 0.15) is 19.8 Å². The zero-order valence-electron chi connectivity index (χ0n) is 10.2. The lowest BCUT2D eigenvalue weighted by molar-refractivity contribution is -0.119. The summed E-state index contributed by atoms with van der Waals surface area (Å²) >= 11 is 3.24. The SMILES string of the molecule is CC1CCCNC1C(=O)Nc1c(F)cccc1Br. The molecule has 0 aromatic heterocycles. The second-order valence-electron chi connectivity index (χ2n) is 4.64. The van der Waals surface area contributed by atoms with E-state index in [1.54, 1.807) is 12.1 Å². The van der Waals surface area contributed by atoms with Gasteiger partial charge in [0, 0.05) is 4.47 Å². The average molecular weight is 315 g/mol. The summed E-state index contributed by atoms with van der Waals surface area (Å²) in [6.45, 7) is 2.87. The minimum atomic E-state index is -0.429. The summed E-state index contributed by atoms with van der Waals surface area (Å²) in [5.74, 6) is -0.335. The minimum absolute atomic E-state index is 0.173. The highest BCUT2D eigenvalue weighted by molar-refractivity contribution is 9.10. The van der Waals surface area contributed by atoms with Crippen LogP contribution in [-0.4, -0.2) is 18.5 Å². The van der Waals surface area contributed by atoms with E-state index < -0.39 is 5.82 Å². The molecule has 0 saturated carbocycles. The number of halogens is 2. The van der Waals surface area contributed by atoms with Crippen LogP contribution in [-0.2, 0) is 4.79 Å². The zero-order chi connectivity index (χ0) is 13.1. The van der Waals surface area contributed by atoms with E-state index in [0.29, 0.717) is 4.47 Å². The van der Waals surface area contributed by atoms with E-state index in [2.05, 4.69) is 26.6 Å². The van der Waals surface area contributed by atoms with E-state index in [4.69, 9.17) is 0 Å². The molecule has 2 atom stereocenters. The van der Waals surface area contributed by atoms with Crippen molar-refractivity contribution in [3.63, 3.8) is 0 Å². The number of anilines is 1. The van der Waals surface area contributed by atoms with Crippen molar-refractivity contribution >= 4 is 27.5 Å². The first kappa shape index (κ1) is 13.5. The maximum absolute atomic E-state index is 13.6. The Bertz CT molecular complexity index is 432. The number of rotatable bonds is 2. The summed E-state index contributed by atoms with van der Waals surface area (Å²) in [5.41, 5.74) is 0.210. The van der Waals surface area contributed by atoms with Crippen LogP contribution in [0.2, 0.25) is 0 Å². The molecule has 5 heteroatoms. The van der Waals surface area contributed by atoms with Gasteiger partial charge in [-0.15, -0.1) is 0 Å². The molecule has 1 amide bonds. The standard InChI is InChI=1S/C13H16BrFN2O/c1-8-4-3-7-16-11(8)13(18)17-12-9(14)5-2-6-10(12)15/h2,5-6,8,11,16H,3-4,7H2,1H3,(H,17,18). The van der Waals surface area contributed by atoms with Gasteiger partial charge in [-0.2, -0.15) is 0 Å². The van der Waals surface area contributed by atoms with Crippen molar-refractivity contribution in [2.24, 2.45) is 5.92 Å². The number of benzene rings is 1. The van der Waals surface area contributed by atoms with Crippen molar-refractivity contribution in [2.45, 2.75) is 25.8 Å². The highest BCUT2D eigenvalue weighted by atomic mass is 79.9. The third-order valence-electron chi connectivity index (χ3n) is 3.26. The number of nitrogens with one attached hydrogen (secondary N) is 2. The third kappa shape index (κ3) is 2.90. The van der Waals surface area contributed by atoms with Gasteiger partial charge >= 0.3 is 0 Å². The van der Waals surface area contributed by atoms with E-state index in [-0.39, 0.29) is 23.6 Å². The first-order valence-electron chi connectivity index (χ1n) is 6.08. The molecule has 1 aromatic rings. The molecule has 1 heterocycles. The van der Waals surface area contributed by atoms with Gasteiger partial charge in [0.2, 0.25) is 5.91 Å². The van der Waals surface area contributed by atoms with E-state index in [9.17, 15) is 9.18 Å². The summed E-state index contributed by atoms with van der Waals surface area (Å²) < 4.78 is 14.2. The van der Waals surface area contributed by atoms with E-state index in [1.807, 2.05) is 6.92 Å². The number of para-hydroxylation sites is 1. The minimum Gasteiger partial charge on any atom is -0.321 e. The molecule has 2 N–H and O–H groups in total. The Morgan fingerprint density at radius 1 is 1.56 bits per heavy atom. The van der Waals surface area contributed by atoms with Crippen molar-refractivity contribution < 1.29 is 9.18 Å². The van der Waals surface area contributed by atoms with Crippen LogP contribution in [0.5, 0.6) is 0 Å². The number of carbonyl (C=O) groups excluding carboxylic acids is 1. The van der Waals surface area contributed by atoms with Crippen molar-refractivity contribution in [3.8, 4) is 0 Å². The smallest absolute Gasteiger partial charge is 0.241 e. The fourth-order valence-corrected chi connectivity index (χ4v) is 2.66. The molecule has 0 radical (unpaired) electrons. The summed E-state index contributed by atoms with van der Waals surface area (Å²) in [6, 6.07) is 4.38. The van der Waals surface area contributed by atoms with Gasteiger partial charge in [0.05, 0.1) is 11.7 Å². The molecule has 18 heavy (non-hydrogen) atoms. The molecule has 1 saturated heterocycles. The van der Waals surface area contributed by atoms with Gasteiger partial charge in [0.25, 0.3) is 0 Å². The Balaban J connectivity index is 2.11. The largest absolute Gasteiger partial charge is 0.321 e. The lowest BCUT2D eigenvalue weighted by Gasteiger charge is -2.29. The van der Waals surface area contributed by atoms with E-state index in [0.717, 1.165) is 19.4 Å². The Morgan fingerprint density at radius 3 is 3.00 bits per heavy atom. The Hall–Kier alpha value is -0.940. The highest BCUT2D eigenvalue weighted by Gasteiger charge is 2.28. The Kier molecular flexibility index (Phi) is 4.35. The monoisotopic (exact) mass is 314 g/mol. The van der Waals surface area contributed by atoms with Crippen molar-refractivity contribution in [3.05, 3.63) is 28.5 Å². The zero-order valence-corrected chi connectivity index (χ0v) is 11.8. The molecule has 3 nitrogen and oxygen atoms in total. The van der Waals surface area contributed by atoms with Crippen molar-refractivity contribution in [1.82, 2.24) is 5.32 Å². The Labute approximate surface area is 114 Å². The predicted molar refractivity (Wildman–Crippen MR) is 72.9 cm³/mol. The molecular formula is C13H16BrFN2O. The molecule has 2 unspecified atom stereocenters. The third-order valence-corrected chi connectivity index (χ3v) is 3.92. The normalized spacial score (nSPS) is 23.7. The average Bonchev–Trinajstić information content (AvgIpc) is 2.34. The number of hydrogen-bond acceptors (Lipinski definition) is 2. The van der Waals surface area contributed by atoms with Crippen LogP contribution in [0.4, 0.5) is 10.1 Å². The highest BCUT2D eigenvalue weighted by Crippen LogP contribution is 2.26. The maximum atomic E-state index is 13.6. The maximum Gasteiger partial charge on any atom is 0.241 e. The van der Waals surface area contributed by atoms with Gasteiger partial charge in [-0.1, -0.05) is 13.0 Å². The van der Waals surface area contributed by atoms with Crippen LogP contribution in [0.25, 0.3) is 0 Å². The molecule has 1 aromatic carbocycles. The van der Waals surface area contributed by atoms with E-state index >= 15 is 0 Å². The van der Waals surface area contributed by atoms with Gasteiger partial charge in [-0.25, -0.2) is 4.39 Å².